The van der Waals surface area contributed by atoms with Gasteiger partial charge < -0.3 is 18.1 Å². The quantitative estimate of drug-likeness (QED) is 0.0347. The van der Waals surface area contributed by atoms with E-state index in [0.717, 1.165) is 60.8 Å². The van der Waals surface area contributed by atoms with Gasteiger partial charge >= 0.3 is 0 Å². The summed E-state index contributed by atoms with van der Waals surface area (Å²) < 4.78 is 69.9. The van der Waals surface area contributed by atoms with Gasteiger partial charge in [-0.05, 0) is 25.7 Å². The van der Waals surface area contributed by atoms with Gasteiger partial charge in [0.25, 0.3) is 0 Å². The molecule has 0 aliphatic rings. The molecule has 0 radical (unpaired) electrons. The summed E-state index contributed by atoms with van der Waals surface area (Å²) >= 11 is 0. The van der Waals surface area contributed by atoms with Gasteiger partial charge in [0.1, 0.15) is 13.1 Å². The molecule has 0 N–H and O–H groups in total. The Hall–Kier alpha value is -0.260. The lowest BCUT2D eigenvalue weighted by atomic mass is 10.0. The molecule has 0 bridgehead atoms. The Balaban J connectivity index is 4.74. The third kappa shape index (κ3) is 36.7. The van der Waals surface area contributed by atoms with Gasteiger partial charge in [-0.15, -0.1) is 0 Å². The van der Waals surface area contributed by atoms with E-state index in [2.05, 4.69) is 27.9 Å². The summed E-state index contributed by atoms with van der Waals surface area (Å²) in [7, 11) is -4.11. The summed E-state index contributed by atoms with van der Waals surface area (Å²) in [5.74, 6) is -0.655. The van der Waals surface area contributed by atoms with Crippen LogP contribution in [-0.4, -0.2) is 99.8 Å². The predicted molar refractivity (Wildman–Crippen MR) is 221 cm³/mol. The van der Waals surface area contributed by atoms with Crippen molar-refractivity contribution in [2.75, 3.05) is 64.9 Å². The molecule has 52 heavy (non-hydrogen) atoms. The van der Waals surface area contributed by atoms with Crippen LogP contribution in [0.5, 0.6) is 0 Å². The first-order valence-electron chi connectivity index (χ1n) is 22.3. The van der Waals surface area contributed by atoms with Crippen molar-refractivity contribution in [2.45, 2.75) is 206 Å². The number of quaternary nitrogens is 2. The van der Waals surface area contributed by atoms with Crippen molar-refractivity contribution in [3.05, 3.63) is 0 Å². The molecule has 2 unspecified atom stereocenters. The molecule has 0 aromatic carbocycles. The summed E-state index contributed by atoms with van der Waals surface area (Å²) in [6.45, 7) is 9.41. The van der Waals surface area contributed by atoms with Crippen LogP contribution in [-0.2, 0) is 20.2 Å². The normalized spacial score (nSPS) is 14.8. The van der Waals surface area contributed by atoms with E-state index in [1.807, 2.05) is 0 Å². The minimum atomic E-state index is -4.25. The van der Waals surface area contributed by atoms with E-state index in [-0.39, 0.29) is 11.5 Å². The molecule has 8 nitrogen and oxygen atoms in total. The van der Waals surface area contributed by atoms with E-state index in [1.54, 1.807) is 0 Å². The summed E-state index contributed by atoms with van der Waals surface area (Å²) in [4.78, 5) is 0. The lowest BCUT2D eigenvalue weighted by molar-refractivity contribution is -0.964. The molecular formula is C42H88N2O6S2. The highest BCUT2D eigenvalue weighted by Gasteiger charge is 2.29. The van der Waals surface area contributed by atoms with Gasteiger partial charge in [0.05, 0.1) is 60.5 Å². The van der Waals surface area contributed by atoms with Crippen LogP contribution in [0.15, 0.2) is 0 Å². The van der Waals surface area contributed by atoms with Crippen molar-refractivity contribution in [1.82, 2.24) is 0 Å². The molecule has 10 heteroatoms. The zero-order chi connectivity index (χ0) is 38.9. The standard InChI is InChI=1S/C42H88N2O6S2/c1-5-7-9-11-13-15-17-19-21-23-25-27-29-31-35-43(3,37-33-41-51(45,46)47)39-40-44(4,38-34-42-52(48,49)50)36-32-30-28-26-24-22-20-18-16-14-12-10-8-6-2/h5-42H2,1-4H3. The maximum atomic E-state index is 11.4. The fourth-order valence-electron chi connectivity index (χ4n) is 7.78. The van der Waals surface area contributed by atoms with Crippen LogP contribution >= 0.6 is 0 Å². The lowest BCUT2D eigenvalue weighted by Crippen LogP contribution is -2.56. The highest BCUT2D eigenvalue weighted by atomic mass is 32.2. The molecule has 0 rings (SSSR count). The van der Waals surface area contributed by atoms with Crippen molar-refractivity contribution in [2.24, 2.45) is 0 Å². The number of likely N-dealkylation sites (N-methyl/N-ethyl adjacent to an activating group) is 2. The topological polar surface area (TPSA) is 114 Å². The average molecular weight is 781 g/mol. The Morgan fingerprint density at radius 3 is 0.712 bits per heavy atom. The first-order chi connectivity index (χ1) is 24.7. The van der Waals surface area contributed by atoms with Crippen LogP contribution in [0.25, 0.3) is 0 Å². The third-order valence-corrected chi connectivity index (χ3v) is 13.0. The second-order valence-electron chi connectivity index (χ2n) is 17.0. The molecular weight excluding hydrogens is 693 g/mol. The molecule has 0 aromatic rings. The summed E-state index contributed by atoms with van der Waals surface area (Å²) in [6, 6.07) is 0. The second kappa shape index (κ2) is 32.9. The molecule has 0 aliphatic heterocycles. The highest BCUT2D eigenvalue weighted by Crippen LogP contribution is 2.18. The Kier molecular flexibility index (Phi) is 32.8. The van der Waals surface area contributed by atoms with Gasteiger partial charge in [-0.25, -0.2) is 16.8 Å². The van der Waals surface area contributed by atoms with Crippen LogP contribution < -0.4 is 0 Å². The Labute approximate surface area is 325 Å². The van der Waals surface area contributed by atoms with Gasteiger partial charge in [0.2, 0.25) is 0 Å². The number of rotatable bonds is 41. The van der Waals surface area contributed by atoms with Crippen LogP contribution in [0.4, 0.5) is 0 Å². The number of unbranched alkanes of at least 4 members (excludes halogenated alkanes) is 26. The molecule has 0 saturated carbocycles. The lowest BCUT2D eigenvalue weighted by Gasteiger charge is -2.40. The number of nitrogens with zero attached hydrogens (tertiary/aromatic N) is 2. The zero-order valence-corrected chi connectivity index (χ0v) is 36.7. The maximum absolute atomic E-state index is 11.4. The van der Waals surface area contributed by atoms with Gasteiger partial charge in [-0.1, -0.05) is 168 Å². The van der Waals surface area contributed by atoms with E-state index in [0.29, 0.717) is 25.9 Å². The Morgan fingerprint density at radius 1 is 0.308 bits per heavy atom. The molecule has 0 aliphatic carbocycles. The number of hydrogen-bond acceptors (Lipinski definition) is 6. The summed E-state index contributed by atoms with van der Waals surface area (Å²) in [5, 5.41) is 0. The highest BCUT2D eigenvalue weighted by molar-refractivity contribution is 7.85. The largest absolute Gasteiger partial charge is 0.748 e. The summed E-state index contributed by atoms with van der Waals surface area (Å²) in [6.07, 6.45) is 37.3. The predicted octanol–water partition coefficient (Wildman–Crippen LogP) is 10.7. The van der Waals surface area contributed by atoms with Crippen LogP contribution in [0.1, 0.15) is 206 Å². The Bertz CT molecular complexity index is 930. The van der Waals surface area contributed by atoms with Gasteiger partial charge in [0, 0.05) is 24.3 Å². The minimum Gasteiger partial charge on any atom is -0.748 e. The Morgan fingerprint density at radius 2 is 0.500 bits per heavy atom. The smallest absolute Gasteiger partial charge is 0.128 e. The van der Waals surface area contributed by atoms with E-state index < -0.39 is 20.2 Å². The van der Waals surface area contributed by atoms with E-state index in [4.69, 9.17) is 0 Å². The van der Waals surface area contributed by atoms with E-state index >= 15 is 0 Å². The van der Waals surface area contributed by atoms with Crippen LogP contribution in [0.3, 0.4) is 0 Å². The SMILES string of the molecule is CCCCCCCCCCCCCCCC[N+](C)(CCCS(=O)(=O)[O-])CC[N+](C)(CCCCCCCCCCCCCCCC)CCCS(=O)(=O)[O-]. The molecule has 0 spiro atoms. The zero-order valence-electron chi connectivity index (χ0n) is 35.0. The first kappa shape index (κ1) is 51.7. The van der Waals surface area contributed by atoms with Crippen molar-refractivity contribution >= 4 is 20.2 Å². The van der Waals surface area contributed by atoms with Gasteiger partial charge in [-0.2, -0.15) is 0 Å². The fraction of sp³-hybridized carbons (Fsp3) is 1.00. The van der Waals surface area contributed by atoms with Crippen LogP contribution in [0, 0.1) is 0 Å². The van der Waals surface area contributed by atoms with Crippen molar-refractivity contribution < 1.29 is 34.9 Å². The van der Waals surface area contributed by atoms with Crippen molar-refractivity contribution in [3.8, 4) is 0 Å². The second-order valence-corrected chi connectivity index (χ2v) is 20.1. The maximum Gasteiger partial charge on any atom is 0.128 e. The molecule has 0 aromatic heterocycles. The van der Waals surface area contributed by atoms with E-state index in [9.17, 15) is 25.9 Å². The molecule has 314 valence electrons. The number of hydrogen-bond donors (Lipinski definition) is 0. The first-order valence-corrected chi connectivity index (χ1v) is 25.4. The van der Waals surface area contributed by atoms with Crippen molar-refractivity contribution in [1.29, 1.82) is 0 Å². The minimum absolute atomic E-state index is 0.327. The van der Waals surface area contributed by atoms with Crippen molar-refractivity contribution in [3.63, 3.8) is 0 Å². The molecule has 0 fully saturated rings. The molecule has 2 atom stereocenters. The summed E-state index contributed by atoms with van der Waals surface area (Å²) in [5.41, 5.74) is 0. The van der Waals surface area contributed by atoms with Crippen LogP contribution in [0.2, 0.25) is 0 Å². The monoisotopic (exact) mass is 781 g/mol. The molecule has 0 amide bonds. The fourth-order valence-corrected chi connectivity index (χ4v) is 8.74. The van der Waals surface area contributed by atoms with Gasteiger partial charge in [-0.3, -0.25) is 0 Å². The third-order valence-electron chi connectivity index (χ3n) is 11.5. The molecule has 0 saturated heterocycles. The average Bonchev–Trinajstić information content (AvgIpc) is 3.07. The van der Waals surface area contributed by atoms with E-state index in [1.165, 1.54) is 154 Å². The molecule has 0 heterocycles. The van der Waals surface area contributed by atoms with Gasteiger partial charge in [0.15, 0.2) is 0 Å².